The van der Waals surface area contributed by atoms with Crippen LogP contribution in [0.2, 0.25) is 0 Å². The molecule has 3 amide bonds. The van der Waals surface area contributed by atoms with Gasteiger partial charge in [-0.05, 0) is 18.9 Å². The van der Waals surface area contributed by atoms with Gasteiger partial charge in [0, 0.05) is 6.42 Å². The van der Waals surface area contributed by atoms with E-state index in [2.05, 4.69) is 29.7 Å². The minimum absolute atomic E-state index is 0.521. The van der Waals surface area contributed by atoms with Crippen LogP contribution in [0.15, 0.2) is 30.3 Å². The van der Waals surface area contributed by atoms with Crippen LogP contribution >= 0.6 is 0 Å². The van der Waals surface area contributed by atoms with Gasteiger partial charge in [0.25, 0.3) is 5.91 Å². The molecule has 1 aromatic carbocycles. The number of hydrogen-bond acceptors (Lipinski definition) is 3. The number of nitrogens with zero attached hydrogens (tertiary/aromatic N) is 1. The van der Waals surface area contributed by atoms with Gasteiger partial charge in [0.2, 0.25) is 6.23 Å². The molecule has 1 fully saturated rings. The zero-order valence-electron chi connectivity index (χ0n) is 19.5. The van der Waals surface area contributed by atoms with E-state index in [9.17, 15) is 9.59 Å². The molecule has 0 saturated carbocycles. The van der Waals surface area contributed by atoms with E-state index in [1.165, 1.54) is 70.6 Å². The minimum atomic E-state index is -0.960. The maximum atomic E-state index is 11.9. The van der Waals surface area contributed by atoms with E-state index in [1.807, 2.05) is 25.1 Å². The molecule has 31 heavy (non-hydrogen) atoms. The van der Waals surface area contributed by atoms with Crippen LogP contribution < -0.4 is 10.6 Å². The molecule has 0 aromatic heterocycles. The highest BCUT2D eigenvalue weighted by Crippen LogP contribution is 2.27. The van der Waals surface area contributed by atoms with Gasteiger partial charge in [0.15, 0.2) is 0 Å². The second kappa shape index (κ2) is 14.2. The van der Waals surface area contributed by atoms with Crippen LogP contribution in [0.5, 0.6) is 0 Å². The van der Waals surface area contributed by atoms with Crippen molar-refractivity contribution in [1.82, 2.24) is 10.6 Å². The number of ether oxygens (including phenoxy) is 1. The van der Waals surface area contributed by atoms with Crippen molar-refractivity contribution in [3.8, 4) is 0 Å². The van der Waals surface area contributed by atoms with Gasteiger partial charge in [0.05, 0.1) is 5.60 Å². The second-order valence-electron chi connectivity index (χ2n) is 9.15. The molecule has 1 saturated heterocycles. The molecule has 0 spiro atoms. The average Bonchev–Trinajstić information content (AvgIpc) is 3.05. The zero-order valence-corrected chi connectivity index (χ0v) is 19.5. The number of rotatable bonds is 17. The van der Waals surface area contributed by atoms with Crippen molar-refractivity contribution in [3.05, 3.63) is 35.9 Å². The summed E-state index contributed by atoms with van der Waals surface area (Å²) in [5.74, 6) is -0.529. The number of imide groups is 1. The van der Waals surface area contributed by atoms with Crippen LogP contribution in [-0.4, -0.2) is 23.8 Å². The van der Waals surface area contributed by atoms with Crippen molar-refractivity contribution in [3.63, 3.8) is 0 Å². The number of unbranched alkanes of at least 4 members (excludes halogenated alkanes) is 11. The molecule has 173 valence electrons. The summed E-state index contributed by atoms with van der Waals surface area (Å²) in [7, 11) is 0. The summed E-state index contributed by atoms with van der Waals surface area (Å²) in [6.45, 7) is 4.30. The number of carbonyl (C=O) groups is 2. The highest BCUT2D eigenvalue weighted by molar-refractivity contribution is 6.02. The SMILES string of the molecule is CCCCCCCCCCCCCCC(C)(Cc1ccccc1)OC1NC(=O)[N]C1=O. The summed E-state index contributed by atoms with van der Waals surface area (Å²) in [6, 6.07) is 9.55. The van der Waals surface area contributed by atoms with Crippen LogP contribution in [0.4, 0.5) is 4.79 Å². The summed E-state index contributed by atoms with van der Waals surface area (Å²) >= 11 is 0. The quantitative estimate of drug-likeness (QED) is 0.234. The predicted molar refractivity (Wildman–Crippen MR) is 125 cm³/mol. The molecule has 1 aliphatic rings. The summed E-state index contributed by atoms with van der Waals surface area (Å²) in [5.41, 5.74) is 0.644. The van der Waals surface area contributed by atoms with Crippen molar-refractivity contribution < 1.29 is 14.3 Å². The van der Waals surface area contributed by atoms with Crippen molar-refractivity contribution in [2.75, 3.05) is 0 Å². The largest absolute Gasteiger partial charge is 0.346 e. The molecule has 1 aromatic rings. The number of hydrogen-bond donors (Lipinski definition) is 1. The lowest BCUT2D eigenvalue weighted by molar-refractivity contribution is -0.144. The van der Waals surface area contributed by atoms with Crippen LogP contribution in [0.3, 0.4) is 0 Å². The summed E-state index contributed by atoms with van der Waals surface area (Å²) in [4.78, 5) is 23.3. The standard InChI is InChI=1S/C26H41N2O3/c1-3-4-5-6-7-8-9-10-11-12-13-17-20-26(2,21-22-18-15-14-16-19-22)31-24-23(29)27-25(30)28-24/h14-16,18-19,24H,3-13,17,20-21H2,1-2H3,(H,28,30). The van der Waals surface area contributed by atoms with Gasteiger partial charge < -0.3 is 10.1 Å². The molecule has 1 radical (unpaired) electrons. The van der Waals surface area contributed by atoms with E-state index >= 15 is 0 Å². The fraction of sp³-hybridized carbons (Fsp3) is 0.692. The summed E-state index contributed by atoms with van der Waals surface area (Å²) in [5, 5.41) is 5.93. The topological polar surface area (TPSA) is 69.5 Å². The van der Waals surface area contributed by atoms with E-state index in [0.29, 0.717) is 6.42 Å². The van der Waals surface area contributed by atoms with Gasteiger partial charge in [-0.1, -0.05) is 114 Å². The lowest BCUT2D eigenvalue weighted by Gasteiger charge is -2.32. The third kappa shape index (κ3) is 10.3. The Labute approximate surface area is 188 Å². The maximum absolute atomic E-state index is 11.9. The third-order valence-corrected chi connectivity index (χ3v) is 6.07. The summed E-state index contributed by atoms with van der Waals surface area (Å²) < 4.78 is 6.11. The molecule has 1 N–H and O–H groups in total. The molecule has 0 aliphatic carbocycles. The lowest BCUT2D eigenvalue weighted by atomic mass is 9.90. The fourth-order valence-electron chi connectivity index (χ4n) is 4.29. The average molecular weight is 430 g/mol. The first-order chi connectivity index (χ1) is 15.0. The normalized spacial score (nSPS) is 17.9. The molecule has 2 unspecified atom stereocenters. The van der Waals surface area contributed by atoms with Crippen LogP contribution in [0, 0.1) is 0 Å². The first-order valence-corrected chi connectivity index (χ1v) is 12.3. The third-order valence-electron chi connectivity index (χ3n) is 6.07. The molecule has 5 nitrogen and oxygen atoms in total. The monoisotopic (exact) mass is 429 g/mol. The van der Waals surface area contributed by atoms with E-state index in [1.54, 1.807) is 0 Å². The van der Waals surface area contributed by atoms with E-state index in [-0.39, 0.29) is 0 Å². The lowest BCUT2D eigenvalue weighted by Crippen LogP contribution is -2.43. The van der Waals surface area contributed by atoms with E-state index in [0.717, 1.165) is 18.4 Å². The Bertz CT molecular complexity index is 649. The van der Waals surface area contributed by atoms with Crippen molar-refractivity contribution in [2.45, 2.75) is 116 Å². The summed E-state index contributed by atoms with van der Waals surface area (Å²) in [6.07, 6.45) is 16.3. The highest BCUT2D eigenvalue weighted by atomic mass is 16.5. The first kappa shape index (κ1) is 25.4. The predicted octanol–water partition coefficient (Wildman–Crippen LogP) is 6.28. The molecule has 1 aliphatic heterocycles. The molecule has 2 atom stereocenters. The van der Waals surface area contributed by atoms with Crippen molar-refractivity contribution in [1.29, 1.82) is 0 Å². The molecule has 1 heterocycles. The Morgan fingerprint density at radius 2 is 1.42 bits per heavy atom. The van der Waals surface area contributed by atoms with Crippen LogP contribution in [-0.2, 0) is 16.0 Å². The number of amides is 3. The molecular formula is C26H41N2O3. The molecule has 5 heteroatoms. The Hall–Kier alpha value is -1.88. The number of urea groups is 1. The van der Waals surface area contributed by atoms with Gasteiger partial charge in [-0.3, -0.25) is 4.79 Å². The fourth-order valence-corrected chi connectivity index (χ4v) is 4.29. The Balaban J connectivity index is 1.68. The number of nitrogens with one attached hydrogen (secondary N) is 1. The minimum Gasteiger partial charge on any atom is -0.343 e. The van der Waals surface area contributed by atoms with Gasteiger partial charge >= 0.3 is 6.03 Å². The molecule has 2 rings (SSSR count). The Kier molecular flexibility index (Phi) is 11.7. The van der Waals surface area contributed by atoms with E-state index < -0.39 is 23.8 Å². The van der Waals surface area contributed by atoms with Crippen LogP contribution in [0.1, 0.15) is 103 Å². The van der Waals surface area contributed by atoms with Gasteiger partial charge in [-0.15, -0.1) is 0 Å². The van der Waals surface area contributed by atoms with Crippen molar-refractivity contribution in [2.24, 2.45) is 0 Å². The van der Waals surface area contributed by atoms with Gasteiger partial charge in [0.1, 0.15) is 0 Å². The molecular weight excluding hydrogens is 388 g/mol. The first-order valence-electron chi connectivity index (χ1n) is 12.3. The van der Waals surface area contributed by atoms with Gasteiger partial charge in [-0.25, -0.2) is 4.79 Å². The Morgan fingerprint density at radius 1 is 0.871 bits per heavy atom. The maximum Gasteiger partial charge on any atom is 0.346 e. The van der Waals surface area contributed by atoms with E-state index in [4.69, 9.17) is 4.74 Å². The highest BCUT2D eigenvalue weighted by Gasteiger charge is 2.38. The zero-order chi connectivity index (χ0) is 22.4. The Morgan fingerprint density at radius 3 is 1.94 bits per heavy atom. The second-order valence-corrected chi connectivity index (χ2v) is 9.15. The van der Waals surface area contributed by atoms with Crippen LogP contribution in [0.25, 0.3) is 0 Å². The smallest absolute Gasteiger partial charge is 0.343 e. The number of benzene rings is 1. The van der Waals surface area contributed by atoms with Crippen molar-refractivity contribution >= 4 is 11.9 Å². The molecule has 0 bridgehead atoms. The van der Waals surface area contributed by atoms with Gasteiger partial charge in [-0.2, -0.15) is 5.32 Å². The number of carbonyl (C=O) groups excluding carboxylic acids is 2.